The van der Waals surface area contributed by atoms with Gasteiger partial charge in [-0.05, 0) is 49.2 Å². The Bertz CT molecular complexity index is 692. The Morgan fingerprint density at radius 1 is 1.14 bits per heavy atom. The number of anilines is 1. The van der Waals surface area contributed by atoms with Crippen molar-refractivity contribution in [2.75, 3.05) is 11.4 Å². The zero-order valence-electron chi connectivity index (χ0n) is 12.2. The molecule has 0 amide bonds. The lowest BCUT2D eigenvalue weighted by molar-refractivity contribution is 0.762. The molecule has 0 saturated heterocycles. The van der Waals surface area contributed by atoms with Crippen LogP contribution in [0.1, 0.15) is 22.7 Å². The van der Waals surface area contributed by atoms with Crippen molar-refractivity contribution in [2.45, 2.75) is 19.9 Å². The Morgan fingerprint density at radius 2 is 1.86 bits per heavy atom. The molecule has 1 atom stereocenters. The molecule has 1 unspecified atom stereocenters. The molecule has 0 saturated carbocycles. The molecule has 2 aromatic rings. The summed E-state index contributed by atoms with van der Waals surface area (Å²) < 4.78 is 1.06. The van der Waals surface area contributed by atoms with Gasteiger partial charge in [-0.1, -0.05) is 39.7 Å². The van der Waals surface area contributed by atoms with Crippen molar-refractivity contribution in [2.24, 2.45) is 10.7 Å². The van der Waals surface area contributed by atoms with E-state index in [1.165, 1.54) is 16.7 Å². The number of nitrogens with zero attached hydrogens (tertiary/aromatic N) is 2. The van der Waals surface area contributed by atoms with Crippen molar-refractivity contribution < 1.29 is 0 Å². The molecule has 2 aromatic carbocycles. The Balaban J connectivity index is 2.00. The monoisotopic (exact) mass is 343 g/mol. The summed E-state index contributed by atoms with van der Waals surface area (Å²) in [5.74, 6) is 0.585. The van der Waals surface area contributed by atoms with Crippen LogP contribution >= 0.6 is 15.9 Å². The van der Waals surface area contributed by atoms with Gasteiger partial charge in [0.15, 0.2) is 5.96 Å². The largest absolute Gasteiger partial charge is 0.369 e. The molecule has 2 N–H and O–H groups in total. The highest BCUT2D eigenvalue weighted by atomic mass is 79.9. The highest BCUT2D eigenvalue weighted by Gasteiger charge is 2.29. The summed E-state index contributed by atoms with van der Waals surface area (Å²) in [7, 11) is 0. The number of guanidine groups is 1. The van der Waals surface area contributed by atoms with E-state index in [1.807, 2.05) is 12.1 Å². The van der Waals surface area contributed by atoms with Crippen molar-refractivity contribution in [3.05, 3.63) is 63.6 Å². The molecule has 0 bridgehead atoms. The van der Waals surface area contributed by atoms with Crippen LogP contribution in [0.4, 0.5) is 5.69 Å². The normalized spacial score (nSPS) is 18.0. The zero-order valence-corrected chi connectivity index (χ0v) is 13.8. The second-order valence-corrected chi connectivity index (χ2v) is 6.34. The minimum absolute atomic E-state index is 0.173. The van der Waals surface area contributed by atoms with Gasteiger partial charge < -0.3 is 10.6 Å². The number of aryl methyl sites for hydroxylation is 2. The van der Waals surface area contributed by atoms with Crippen LogP contribution in [0.5, 0.6) is 0 Å². The number of aliphatic imine (C=N–C) groups is 1. The van der Waals surface area contributed by atoms with Crippen LogP contribution in [0.2, 0.25) is 0 Å². The van der Waals surface area contributed by atoms with E-state index in [-0.39, 0.29) is 6.04 Å². The molecule has 1 aliphatic rings. The summed E-state index contributed by atoms with van der Waals surface area (Å²) in [6.45, 7) is 4.96. The van der Waals surface area contributed by atoms with Crippen LogP contribution in [0.3, 0.4) is 0 Å². The fraction of sp³-hybridized carbons (Fsp3) is 0.235. The lowest BCUT2D eigenvalue weighted by Gasteiger charge is -2.28. The Hall–Kier alpha value is -1.81. The molecular formula is C17H18BrN3. The fourth-order valence-corrected chi connectivity index (χ4v) is 3.11. The molecule has 0 radical (unpaired) electrons. The molecule has 1 aliphatic heterocycles. The molecule has 3 nitrogen and oxygen atoms in total. The Kier molecular flexibility index (Phi) is 3.72. The first-order valence-electron chi connectivity index (χ1n) is 6.98. The summed E-state index contributed by atoms with van der Waals surface area (Å²) in [4.78, 5) is 6.56. The number of hydrogen-bond donors (Lipinski definition) is 1. The van der Waals surface area contributed by atoms with Gasteiger partial charge in [-0.2, -0.15) is 0 Å². The highest BCUT2D eigenvalue weighted by molar-refractivity contribution is 9.10. The van der Waals surface area contributed by atoms with Crippen LogP contribution in [0, 0.1) is 13.8 Å². The van der Waals surface area contributed by atoms with Crippen LogP contribution in [-0.2, 0) is 0 Å². The Labute approximate surface area is 133 Å². The summed E-state index contributed by atoms with van der Waals surface area (Å²) in [6, 6.07) is 14.9. The number of nitrogens with two attached hydrogens (primary N) is 1. The highest BCUT2D eigenvalue weighted by Crippen LogP contribution is 2.33. The molecule has 0 aromatic heterocycles. The van der Waals surface area contributed by atoms with Gasteiger partial charge in [0.2, 0.25) is 0 Å². The molecule has 0 aliphatic carbocycles. The molecule has 4 heteroatoms. The van der Waals surface area contributed by atoms with Crippen molar-refractivity contribution in [1.29, 1.82) is 0 Å². The van der Waals surface area contributed by atoms with Crippen molar-refractivity contribution in [3.63, 3.8) is 0 Å². The van der Waals surface area contributed by atoms with Gasteiger partial charge in [0.25, 0.3) is 0 Å². The van der Waals surface area contributed by atoms with Crippen LogP contribution in [-0.4, -0.2) is 12.5 Å². The van der Waals surface area contributed by atoms with Gasteiger partial charge in [-0.15, -0.1) is 0 Å². The summed E-state index contributed by atoms with van der Waals surface area (Å²) in [5, 5.41) is 0. The van der Waals surface area contributed by atoms with E-state index in [0.717, 1.165) is 10.2 Å². The van der Waals surface area contributed by atoms with Gasteiger partial charge in [-0.3, -0.25) is 4.99 Å². The molecule has 3 rings (SSSR count). The first kappa shape index (κ1) is 14.1. The van der Waals surface area contributed by atoms with E-state index >= 15 is 0 Å². The van der Waals surface area contributed by atoms with Crippen LogP contribution < -0.4 is 10.6 Å². The van der Waals surface area contributed by atoms with Gasteiger partial charge in [0, 0.05) is 10.2 Å². The van der Waals surface area contributed by atoms with E-state index in [0.29, 0.717) is 12.5 Å². The van der Waals surface area contributed by atoms with Crippen molar-refractivity contribution in [1.82, 2.24) is 0 Å². The smallest absolute Gasteiger partial charge is 0.196 e. The first-order chi connectivity index (χ1) is 10.1. The molecule has 1 heterocycles. The summed E-state index contributed by atoms with van der Waals surface area (Å²) >= 11 is 3.47. The fourth-order valence-electron chi connectivity index (χ4n) is 2.85. The molecule has 0 fully saturated rings. The predicted molar refractivity (Wildman–Crippen MR) is 91.8 cm³/mol. The Morgan fingerprint density at radius 3 is 2.52 bits per heavy atom. The first-order valence-corrected chi connectivity index (χ1v) is 7.77. The minimum Gasteiger partial charge on any atom is -0.369 e. The molecule has 0 spiro atoms. The SMILES string of the molecule is Cc1ccc(C2CN=C(N)N2c2ccc(Br)cc2)c(C)c1. The molecular weight excluding hydrogens is 326 g/mol. The van der Waals surface area contributed by atoms with E-state index in [4.69, 9.17) is 5.73 Å². The van der Waals surface area contributed by atoms with E-state index in [2.05, 4.69) is 70.0 Å². The molecule has 108 valence electrons. The number of hydrogen-bond acceptors (Lipinski definition) is 3. The number of halogens is 1. The van der Waals surface area contributed by atoms with Crippen LogP contribution in [0.25, 0.3) is 0 Å². The maximum atomic E-state index is 6.12. The quantitative estimate of drug-likeness (QED) is 0.897. The standard InChI is InChI=1S/C17H18BrN3/c1-11-3-8-15(12(2)9-11)16-10-20-17(19)21(16)14-6-4-13(18)5-7-14/h3-9,16H,10H2,1-2H3,(H2,19,20). The third-order valence-electron chi connectivity index (χ3n) is 3.87. The van der Waals surface area contributed by atoms with Gasteiger partial charge in [-0.25, -0.2) is 0 Å². The lowest BCUT2D eigenvalue weighted by atomic mass is 9.98. The topological polar surface area (TPSA) is 41.6 Å². The third kappa shape index (κ3) is 2.68. The van der Waals surface area contributed by atoms with E-state index in [1.54, 1.807) is 0 Å². The maximum absolute atomic E-state index is 6.12. The second-order valence-electron chi connectivity index (χ2n) is 5.42. The molecule has 21 heavy (non-hydrogen) atoms. The van der Waals surface area contributed by atoms with Crippen molar-refractivity contribution >= 4 is 27.6 Å². The minimum atomic E-state index is 0.173. The predicted octanol–water partition coefficient (Wildman–Crippen LogP) is 3.94. The van der Waals surface area contributed by atoms with Gasteiger partial charge >= 0.3 is 0 Å². The maximum Gasteiger partial charge on any atom is 0.196 e. The summed E-state index contributed by atoms with van der Waals surface area (Å²) in [5.41, 5.74) is 11.0. The third-order valence-corrected chi connectivity index (χ3v) is 4.40. The van der Waals surface area contributed by atoms with Gasteiger partial charge in [0.05, 0.1) is 12.6 Å². The zero-order chi connectivity index (χ0) is 15.0. The van der Waals surface area contributed by atoms with E-state index < -0.39 is 0 Å². The van der Waals surface area contributed by atoms with Crippen molar-refractivity contribution in [3.8, 4) is 0 Å². The summed E-state index contributed by atoms with van der Waals surface area (Å²) in [6.07, 6.45) is 0. The van der Waals surface area contributed by atoms with E-state index in [9.17, 15) is 0 Å². The average molecular weight is 344 g/mol. The van der Waals surface area contributed by atoms with Gasteiger partial charge in [0.1, 0.15) is 0 Å². The average Bonchev–Trinajstić information content (AvgIpc) is 2.82. The number of benzene rings is 2. The lowest BCUT2D eigenvalue weighted by Crippen LogP contribution is -2.36. The number of rotatable bonds is 2. The second kappa shape index (κ2) is 5.53. The van der Waals surface area contributed by atoms with Crippen LogP contribution in [0.15, 0.2) is 51.9 Å².